The maximum absolute atomic E-state index is 13.2. The lowest BCUT2D eigenvalue weighted by molar-refractivity contribution is -0.113. The van der Waals surface area contributed by atoms with Crippen LogP contribution in [0.25, 0.3) is 5.69 Å². The molecule has 1 aliphatic heterocycles. The summed E-state index contributed by atoms with van der Waals surface area (Å²) < 4.78 is 6.82. The van der Waals surface area contributed by atoms with Crippen molar-refractivity contribution in [2.24, 2.45) is 0 Å². The molecule has 0 aliphatic carbocycles. The van der Waals surface area contributed by atoms with Crippen LogP contribution in [0.5, 0.6) is 5.75 Å². The molecule has 160 valence electrons. The molecule has 0 fully saturated rings. The zero-order chi connectivity index (χ0) is 22.0. The first-order valence-corrected chi connectivity index (χ1v) is 11.9. The van der Waals surface area contributed by atoms with E-state index in [2.05, 4.69) is 5.32 Å². The number of hydrogen-bond donors (Lipinski definition) is 1. The van der Waals surface area contributed by atoms with Crippen molar-refractivity contribution < 1.29 is 9.53 Å². The van der Waals surface area contributed by atoms with Crippen LogP contribution in [0, 0.1) is 13.8 Å². The van der Waals surface area contributed by atoms with Gasteiger partial charge in [-0.2, -0.15) is 0 Å². The zero-order valence-electron chi connectivity index (χ0n) is 17.6. The lowest BCUT2D eigenvalue weighted by Gasteiger charge is -2.14. The van der Waals surface area contributed by atoms with E-state index in [-0.39, 0.29) is 17.2 Å². The van der Waals surface area contributed by atoms with Gasteiger partial charge in [0.15, 0.2) is 5.16 Å². The van der Waals surface area contributed by atoms with Gasteiger partial charge in [-0.05, 0) is 55.3 Å². The van der Waals surface area contributed by atoms with Crippen molar-refractivity contribution in [2.75, 3.05) is 23.9 Å². The Morgan fingerprint density at radius 1 is 1.23 bits per heavy atom. The lowest BCUT2D eigenvalue weighted by Crippen LogP contribution is -2.24. The van der Waals surface area contributed by atoms with Crippen molar-refractivity contribution >= 4 is 35.1 Å². The number of carbonyl (C=O) groups is 1. The van der Waals surface area contributed by atoms with Crippen LogP contribution in [0.1, 0.15) is 16.8 Å². The highest BCUT2D eigenvalue weighted by Gasteiger charge is 2.23. The van der Waals surface area contributed by atoms with Crippen molar-refractivity contribution in [2.45, 2.75) is 30.3 Å². The molecule has 2 aromatic carbocycles. The standard InChI is InChI=1S/C23H23N3O3S2/c1-14-4-5-15(2)19(12-14)24-20(27)13-31-23-25-18-10-11-30-21(18)22(28)26(23)16-6-8-17(29-3)9-7-16/h4-9,12H,10-11,13H2,1-3H3,(H,24,27). The van der Waals surface area contributed by atoms with Crippen LogP contribution in [0.15, 0.2) is 57.3 Å². The summed E-state index contributed by atoms with van der Waals surface area (Å²) in [5, 5.41) is 3.49. The number of aromatic nitrogens is 2. The van der Waals surface area contributed by atoms with E-state index in [0.717, 1.165) is 34.7 Å². The van der Waals surface area contributed by atoms with Crippen molar-refractivity contribution in [3.05, 3.63) is 69.6 Å². The fraction of sp³-hybridized carbons (Fsp3) is 0.261. The summed E-state index contributed by atoms with van der Waals surface area (Å²) in [6.07, 6.45) is 0.765. The molecule has 1 N–H and O–H groups in total. The van der Waals surface area contributed by atoms with Gasteiger partial charge in [0, 0.05) is 17.9 Å². The summed E-state index contributed by atoms with van der Waals surface area (Å²) >= 11 is 2.81. The molecule has 4 rings (SSSR count). The molecule has 1 aromatic heterocycles. The van der Waals surface area contributed by atoms with Crippen LogP contribution in [0.4, 0.5) is 5.69 Å². The Labute approximate surface area is 189 Å². The molecule has 0 atom stereocenters. The SMILES string of the molecule is COc1ccc(-n2c(SCC(=O)Nc3cc(C)ccc3C)nc3c(c2=O)SCC3)cc1. The monoisotopic (exact) mass is 453 g/mol. The molecule has 6 nitrogen and oxygen atoms in total. The van der Waals surface area contributed by atoms with Gasteiger partial charge >= 0.3 is 0 Å². The molecular weight excluding hydrogens is 430 g/mol. The Kier molecular flexibility index (Phi) is 6.38. The Morgan fingerprint density at radius 2 is 2.00 bits per heavy atom. The molecular formula is C23H23N3O3S2. The summed E-state index contributed by atoms with van der Waals surface area (Å²) in [4.78, 5) is 31.3. The highest BCUT2D eigenvalue weighted by Crippen LogP contribution is 2.30. The fourth-order valence-corrected chi connectivity index (χ4v) is 5.19. The Hall–Kier alpha value is -2.71. The van der Waals surface area contributed by atoms with Crippen LogP contribution >= 0.6 is 23.5 Å². The smallest absolute Gasteiger partial charge is 0.272 e. The minimum Gasteiger partial charge on any atom is -0.497 e. The second kappa shape index (κ2) is 9.20. The molecule has 0 spiro atoms. The van der Waals surface area contributed by atoms with Gasteiger partial charge < -0.3 is 10.1 Å². The lowest BCUT2D eigenvalue weighted by atomic mass is 10.1. The number of hydrogen-bond acceptors (Lipinski definition) is 6. The van der Waals surface area contributed by atoms with E-state index in [4.69, 9.17) is 9.72 Å². The van der Waals surface area contributed by atoms with Crippen molar-refractivity contribution in [1.29, 1.82) is 0 Å². The zero-order valence-corrected chi connectivity index (χ0v) is 19.2. The van der Waals surface area contributed by atoms with Crippen LogP contribution in [0.2, 0.25) is 0 Å². The minimum atomic E-state index is -0.135. The predicted molar refractivity (Wildman–Crippen MR) is 126 cm³/mol. The molecule has 0 saturated carbocycles. The number of thioether (sulfide) groups is 2. The first-order valence-electron chi connectivity index (χ1n) is 9.89. The molecule has 0 radical (unpaired) electrons. The number of nitrogens with zero attached hydrogens (tertiary/aromatic N) is 2. The largest absolute Gasteiger partial charge is 0.497 e. The third-order valence-electron chi connectivity index (χ3n) is 5.00. The number of ether oxygens (including phenoxy) is 1. The summed E-state index contributed by atoms with van der Waals surface area (Å²) in [6.45, 7) is 3.95. The van der Waals surface area contributed by atoms with E-state index in [0.29, 0.717) is 21.5 Å². The second-order valence-electron chi connectivity index (χ2n) is 7.26. The number of anilines is 1. The topological polar surface area (TPSA) is 73.2 Å². The Morgan fingerprint density at radius 3 is 2.74 bits per heavy atom. The van der Waals surface area contributed by atoms with Gasteiger partial charge in [0.25, 0.3) is 5.56 Å². The average Bonchev–Trinajstić information content (AvgIpc) is 3.24. The number of nitrogens with one attached hydrogen (secondary N) is 1. The van der Waals surface area contributed by atoms with E-state index >= 15 is 0 Å². The van der Waals surface area contributed by atoms with Gasteiger partial charge in [-0.3, -0.25) is 14.2 Å². The van der Waals surface area contributed by atoms with Crippen LogP contribution < -0.4 is 15.6 Å². The summed E-state index contributed by atoms with van der Waals surface area (Å²) in [6, 6.07) is 13.2. The number of rotatable bonds is 6. The normalized spacial score (nSPS) is 12.5. The third kappa shape index (κ3) is 4.65. The van der Waals surface area contributed by atoms with E-state index in [9.17, 15) is 9.59 Å². The van der Waals surface area contributed by atoms with Gasteiger partial charge in [0.1, 0.15) is 5.75 Å². The van der Waals surface area contributed by atoms with Gasteiger partial charge in [0.2, 0.25) is 5.91 Å². The van der Waals surface area contributed by atoms with E-state index in [1.54, 1.807) is 11.7 Å². The van der Waals surface area contributed by atoms with E-state index in [1.807, 2.05) is 56.3 Å². The highest BCUT2D eigenvalue weighted by molar-refractivity contribution is 8.00. The van der Waals surface area contributed by atoms with Gasteiger partial charge in [0.05, 0.1) is 29.1 Å². The fourth-order valence-electron chi connectivity index (χ4n) is 3.34. The summed E-state index contributed by atoms with van der Waals surface area (Å²) in [5.41, 5.74) is 4.32. The molecule has 1 aliphatic rings. The summed E-state index contributed by atoms with van der Waals surface area (Å²) in [5.74, 6) is 1.58. The molecule has 3 aromatic rings. The highest BCUT2D eigenvalue weighted by atomic mass is 32.2. The van der Waals surface area contributed by atoms with E-state index in [1.165, 1.54) is 23.5 Å². The molecule has 8 heteroatoms. The maximum atomic E-state index is 13.2. The van der Waals surface area contributed by atoms with Crippen molar-refractivity contribution in [3.63, 3.8) is 0 Å². The number of fused-ring (bicyclic) bond motifs is 1. The van der Waals surface area contributed by atoms with Crippen molar-refractivity contribution in [3.8, 4) is 11.4 Å². The average molecular weight is 454 g/mol. The first-order chi connectivity index (χ1) is 15.0. The number of amides is 1. The molecule has 2 heterocycles. The Bertz CT molecular complexity index is 1190. The quantitative estimate of drug-likeness (QED) is 0.445. The molecule has 0 saturated heterocycles. The summed E-state index contributed by atoms with van der Waals surface area (Å²) in [7, 11) is 1.60. The molecule has 31 heavy (non-hydrogen) atoms. The van der Waals surface area contributed by atoms with Crippen LogP contribution in [-0.2, 0) is 11.2 Å². The van der Waals surface area contributed by atoms with Crippen LogP contribution in [-0.4, -0.2) is 34.1 Å². The molecule has 1 amide bonds. The van der Waals surface area contributed by atoms with Crippen LogP contribution in [0.3, 0.4) is 0 Å². The maximum Gasteiger partial charge on any atom is 0.272 e. The Balaban J connectivity index is 1.61. The number of carbonyl (C=O) groups excluding carboxylic acids is 1. The van der Waals surface area contributed by atoms with Crippen molar-refractivity contribution in [1.82, 2.24) is 9.55 Å². The van der Waals surface area contributed by atoms with Gasteiger partial charge in [-0.15, -0.1) is 11.8 Å². The number of aryl methyl sites for hydroxylation is 3. The molecule has 0 unspecified atom stereocenters. The predicted octanol–water partition coefficient (Wildman–Crippen LogP) is 4.24. The van der Waals surface area contributed by atoms with E-state index < -0.39 is 0 Å². The minimum absolute atomic E-state index is 0.0879. The first kappa shape index (κ1) is 21.5. The van der Waals surface area contributed by atoms with Gasteiger partial charge in [-0.25, -0.2) is 4.98 Å². The number of benzene rings is 2. The third-order valence-corrected chi connectivity index (χ3v) is 7.04. The number of methoxy groups -OCH3 is 1. The second-order valence-corrected chi connectivity index (χ2v) is 9.31. The molecule has 0 bridgehead atoms. The van der Waals surface area contributed by atoms with Gasteiger partial charge in [-0.1, -0.05) is 23.9 Å².